The average molecular weight is 570 g/mol. The molecule has 0 radical (unpaired) electrons. The van der Waals surface area contributed by atoms with E-state index >= 15 is 0 Å². The van der Waals surface area contributed by atoms with E-state index in [4.69, 9.17) is 26.1 Å². The molecule has 2 aliphatic rings. The molecule has 0 N–H and O–H groups in total. The lowest BCUT2D eigenvalue weighted by atomic mass is 9.98. The van der Waals surface area contributed by atoms with Crippen molar-refractivity contribution in [2.24, 2.45) is 5.92 Å². The predicted molar refractivity (Wildman–Crippen MR) is 143 cm³/mol. The molecule has 2 saturated heterocycles. The third kappa shape index (κ3) is 5.01. The molecule has 1 aromatic carbocycles. The van der Waals surface area contributed by atoms with Crippen LogP contribution < -0.4 is 9.64 Å². The van der Waals surface area contributed by atoms with Crippen LogP contribution in [0.2, 0.25) is 4.34 Å². The van der Waals surface area contributed by atoms with Crippen molar-refractivity contribution in [3.8, 4) is 5.75 Å². The number of hydrogen-bond donors (Lipinski definition) is 0. The summed E-state index contributed by atoms with van der Waals surface area (Å²) in [4.78, 5) is 20.5. The number of rotatable bonds is 7. The van der Waals surface area contributed by atoms with E-state index in [1.165, 1.54) is 21.7 Å². The molecular formula is C24H28ClN3O5S3. The van der Waals surface area contributed by atoms with Crippen LogP contribution in [0.1, 0.15) is 31.2 Å². The van der Waals surface area contributed by atoms with E-state index < -0.39 is 15.9 Å². The quantitative estimate of drug-likeness (QED) is 0.400. The number of fused-ring (bicyclic) bond motifs is 1. The Kier molecular flexibility index (Phi) is 7.58. The average Bonchev–Trinajstić information content (AvgIpc) is 3.64. The number of carbonyl (C=O) groups excluding carboxylic acids is 1. The Balaban J connectivity index is 1.45. The van der Waals surface area contributed by atoms with E-state index in [-0.39, 0.29) is 22.8 Å². The minimum Gasteiger partial charge on any atom is -0.494 e. The third-order valence-electron chi connectivity index (χ3n) is 6.70. The number of ether oxygens (including phenoxy) is 2. The first-order valence-electron chi connectivity index (χ1n) is 11.9. The number of aryl methyl sites for hydroxylation is 1. The van der Waals surface area contributed by atoms with Crippen molar-refractivity contribution in [1.29, 1.82) is 0 Å². The van der Waals surface area contributed by atoms with Gasteiger partial charge in [-0.15, -0.1) is 11.3 Å². The monoisotopic (exact) mass is 569 g/mol. The molecule has 5 rings (SSSR count). The summed E-state index contributed by atoms with van der Waals surface area (Å²) in [5.41, 5.74) is 1.79. The molecule has 0 saturated carbocycles. The second-order valence-corrected chi connectivity index (χ2v) is 14.0. The molecule has 2 aliphatic heterocycles. The Bertz CT molecular complexity index is 1370. The van der Waals surface area contributed by atoms with Gasteiger partial charge in [0.05, 0.1) is 34.7 Å². The lowest BCUT2D eigenvalue weighted by Gasteiger charge is -2.34. The van der Waals surface area contributed by atoms with E-state index in [9.17, 15) is 13.2 Å². The van der Waals surface area contributed by atoms with Gasteiger partial charge in [0, 0.05) is 19.7 Å². The molecule has 4 heterocycles. The van der Waals surface area contributed by atoms with Crippen LogP contribution in [-0.2, 0) is 19.6 Å². The summed E-state index contributed by atoms with van der Waals surface area (Å²) < 4.78 is 40.8. The normalized spacial score (nSPS) is 21.2. The Morgan fingerprint density at radius 1 is 1.25 bits per heavy atom. The second kappa shape index (κ2) is 10.5. The highest BCUT2D eigenvalue weighted by atomic mass is 35.5. The molecule has 0 aliphatic carbocycles. The first kappa shape index (κ1) is 25.9. The number of nitrogens with zero attached hydrogens (tertiary/aromatic N) is 3. The molecule has 36 heavy (non-hydrogen) atoms. The van der Waals surface area contributed by atoms with Crippen LogP contribution in [0.25, 0.3) is 10.2 Å². The van der Waals surface area contributed by atoms with Gasteiger partial charge in [-0.2, -0.15) is 4.31 Å². The van der Waals surface area contributed by atoms with Crippen molar-refractivity contribution in [2.75, 3.05) is 38.3 Å². The zero-order valence-electron chi connectivity index (χ0n) is 20.1. The van der Waals surface area contributed by atoms with E-state index in [1.807, 2.05) is 19.1 Å². The van der Waals surface area contributed by atoms with Crippen molar-refractivity contribution >= 4 is 65.6 Å². The van der Waals surface area contributed by atoms with Gasteiger partial charge >= 0.3 is 0 Å². The Morgan fingerprint density at radius 2 is 2.08 bits per heavy atom. The third-order valence-corrected chi connectivity index (χ3v) is 11.5. The molecule has 2 unspecified atom stereocenters. The van der Waals surface area contributed by atoms with Crippen molar-refractivity contribution in [1.82, 2.24) is 9.29 Å². The highest BCUT2D eigenvalue weighted by Crippen LogP contribution is 2.38. The predicted octanol–water partition coefficient (Wildman–Crippen LogP) is 4.94. The van der Waals surface area contributed by atoms with Gasteiger partial charge in [-0.3, -0.25) is 9.69 Å². The largest absolute Gasteiger partial charge is 0.494 e. The summed E-state index contributed by atoms with van der Waals surface area (Å²) in [7, 11) is -2.11. The summed E-state index contributed by atoms with van der Waals surface area (Å²) in [6, 6.07) is 6.97. The molecule has 8 nitrogen and oxygen atoms in total. The van der Waals surface area contributed by atoms with Crippen LogP contribution in [-0.4, -0.2) is 63.1 Å². The Hall–Kier alpha value is -1.76. The van der Waals surface area contributed by atoms with Gasteiger partial charge in [0.25, 0.3) is 10.0 Å². The van der Waals surface area contributed by atoms with Crippen LogP contribution in [0.15, 0.2) is 28.5 Å². The summed E-state index contributed by atoms with van der Waals surface area (Å²) in [5.74, 6) is 0.0674. The van der Waals surface area contributed by atoms with Gasteiger partial charge in [0.2, 0.25) is 5.91 Å². The van der Waals surface area contributed by atoms with Crippen molar-refractivity contribution < 1.29 is 22.7 Å². The number of piperidine rings is 1. The molecule has 0 spiro atoms. The number of benzene rings is 1. The molecule has 3 aromatic rings. The minimum absolute atomic E-state index is 0.0689. The van der Waals surface area contributed by atoms with Crippen molar-refractivity contribution in [3.63, 3.8) is 0 Å². The molecular weight excluding hydrogens is 542 g/mol. The smallest absolute Gasteiger partial charge is 0.252 e. The number of thiazole rings is 1. The van der Waals surface area contributed by atoms with Crippen LogP contribution in [0.3, 0.4) is 0 Å². The second-order valence-electron chi connectivity index (χ2n) is 9.10. The molecule has 12 heteroatoms. The summed E-state index contributed by atoms with van der Waals surface area (Å²) in [5, 5.41) is 0.586. The fourth-order valence-electron chi connectivity index (χ4n) is 4.78. The van der Waals surface area contributed by atoms with Gasteiger partial charge in [-0.25, -0.2) is 13.4 Å². The minimum atomic E-state index is -3.71. The molecule has 194 valence electrons. The number of halogens is 1. The van der Waals surface area contributed by atoms with Crippen LogP contribution in [0.4, 0.5) is 5.13 Å². The van der Waals surface area contributed by atoms with Crippen molar-refractivity contribution in [2.45, 2.75) is 42.9 Å². The standard InChI is InChI=1S/C24H28ClN3O5S3/c1-15-7-8-18(32-2)21-22(15)35-24(26-21)28(14-17-6-4-12-33-17)23(29)16-5-3-11-27(13-16)36(30,31)20-10-9-19(25)34-20/h7-10,16-17H,3-6,11-14H2,1-2H3. The van der Waals surface area contributed by atoms with Crippen LogP contribution in [0.5, 0.6) is 5.75 Å². The SMILES string of the molecule is COc1ccc(C)c2sc(N(CC3CCCO3)C(=O)C3CCCN(S(=O)(=O)c4ccc(Cl)s4)C3)nc12. The maximum atomic E-state index is 14.0. The number of amides is 1. The Labute approximate surface area is 223 Å². The highest BCUT2D eigenvalue weighted by Gasteiger charge is 2.38. The summed E-state index contributed by atoms with van der Waals surface area (Å²) in [6.07, 6.45) is 2.99. The topological polar surface area (TPSA) is 89.0 Å². The van der Waals surface area contributed by atoms with Gasteiger partial charge in [-0.1, -0.05) is 29.0 Å². The van der Waals surface area contributed by atoms with Gasteiger partial charge in [0.1, 0.15) is 15.5 Å². The first-order chi connectivity index (χ1) is 17.3. The number of anilines is 1. The van der Waals surface area contributed by atoms with Crippen LogP contribution >= 0.6 is 34.3 Å². The molecule has 2 fully saturated rings. The van der Waals surface area contributed by atoms with Crippen LogP contribution in [0, 0.1) is 12.8 Å². The zero-order valence-corrected chi connectivity index (χ0v) is 23.3. The number of carbonyl (C=O) groups is 1. The molecule has 0 bridgehead atoms. The first-order valence-corrected chi connectivity index (χ1v) is 15.4. The number of sulfonamides is 1. The van der Waals surface area contributed by atoms with Crippen molar-refractivity contribution in [3.05, 3.63) is 34.2 Å². The maximum Gasteiger partial charge on any atom is 0.252 e. The van der Waals surface area contributed by atoms with E-state index in [2.05, 4.69) is 0 Å². The molecule has 2 aromatic heterocycles. The number of methoxy groups -OCH3 is 1. The maximum absolute atomic E-state index is 14.0. The molecule has 2 atom stereocenters. The van der Waals surface area contributed by atoms with Gasteiger partial charge in [-0.05, 0) is 56.4 Å². The highest BCUT2D eigenvalue weighted by molar-refractivity contribution is 7.91. The number of hydrogen-bond acceptors (Lipinski definition) is 8. The lowest BCUT2D eigenvalue weighted by Crippen LogP contribution is -2.48. The summed E-state index contributed by atoms with van der Waals surface area (Å²) in [6.45, 7) is 3.59. The zero-order chi connectivity index (χ0) is 25.4. The van der Waals surface area contributed by atoms with E-state index in [1.54, 1.807) is 18.1 Å². The number of aromatic nitrogens is 1. The summed E-state index contributed by atoms with van der Waals surface area (Å²) >= 11 is 8.48. The van der Waals surface area contributed by atoms with Gasteiger partial charge in [0.15, 0.2) is 5.13 Å². The van der Waals surface area contributed by atoms with Gasteiger partial charge < -0.3 is 9.47 Å². The lowest BCUT2D eigenvalue weighted by molar-refractivity contribution is -0.123. The molecule has 1 amide bonds. The Morgan fingerprint density at radius 3 is 2.78 bits per heavy atom. The van der Waals surface area contributed by atoms with E-state index in [0.717, 1.165) is 40.0 Å². The fourth-order valence-corrected chi connectivity index (χ4v) is 9.01. The fraction of sp³-hybridized carbons (Fsp3) is 0.500. The number of thiophene rings is 1. The van der Waals surface area contributed by atoms with E-state index in [0.29, 0.717) is 47.8 Å².